The lowest BCUT2D eigenvalue weighted by atomic mass is 10.1. The molecule has 2 saturated heterocycles. The lowest BCUT2D eigenvalue weighted by Crippen LogP contribution is -2.31. The Bertz CT molecular complexity index is 248. The van der Waals surface area contributed by atoms with Gasteiger partial charge in [0.1, 0.15) is 12.2 Å². The molecule has 16 heavy (non-hydrogen) atoms. The van der Waals surface area contributed by atoms with Crippen LogP contribution in [0.15, 0.2) is 0 Å². The van der Waals surface area contributed by atoms with Gasteiger partial charge in [-0.25, -0.2) is 9.59 Å². The molecule has 2 rings (SSSR count). The first-order chi connectivity index (χ1) is 7.74. The summed E-state index contributed by atoms with van der Waals surface area (Å²) in [6.07, 6.45) is 1.30. The van der Waals surface area contributed by atoms with Gasteiger partial charge in [-0.15, -0.1) is 0 Å². The van der Waals surface area contributed by atoms with Crippen molar-refractivity contribution < 1.29 is 28.5 Å². The second-order valence-corrected chi connectivity index (χ2v) is 3.83. The fourth-order valence-corrected chi connectivity index (χ4v) is 1.78. The molecule has 0 aromatic carbocycles. The van der Waals surface area contributed by atoms with Crippen molar-refractivity contribution in [1.29, 1.82) is 0 Å². The zero-order valence-electron chi connectivity index (χ0n) is 8.85. The molecule has 0 bridgehead atoms. The van der Waals surface area contributed by atoms with Crippen molar-refractivity contribution in [3.63, 3.8) is 0 Å². The molecule has 2 fully saturated rings. The van der Waals surface area contributed by atoms with Crippen molar-refractivity contribution in [2.24, 2.45) is 0 Å². The zero-order valence-corrected chi connectivity index (χ0v) is 8.85. The van der Waals surface area contributed by atoms with Gasteiger partial charge in [-0.1, -0.05) is 0 Å². The predicted octanol–water partition coefficient (Wildman–Crippen LogP) is 1.62. The summed E-state index contributed by atoms with van der Waals surface area (Å²) >= 11 is 0. The first-order valence-corrected chi connectivity index (χ1v) is 5.41. The minimum Gasteiger partial charge on any atom is -0.434 e. The van der Waals surface area contributed by atoms with Crippen molar-refractivity contribution in [3.05, 3.63) is 0 Å². The van der Waals surface area contributed by atoms with Crippen LogP contribution in [0.3, 0.4) is 0 Å². The number of carbonyl (C=O) groups is 2. The summed E-state index contributed by atoms with van der Waals surface area (Å²) in [5.41, 5.74) is 0. The van der Waals surface area contributed by atoms with Crippen molar-refractivity contribution in [2.75, 3.05) is 13.2 Å². The Hall–Kier alpha value is -1.46. The van der Waals surface area contributed by atoms with E-state index in [4.69, 9.17) is 9.47 Å². The van der Waals surface area contributed by atoms with Crippen LogP contribution in [0, 0.1) is 0 Å². The predicted molar refractivity (Wildman–Crippen MR) is 50.9 cm³/mol. The van der Waals surface area contributed by atoms with Crippen LogP contribution in [0.5, 0.6) is 0 Å². The summed E-state index contributed by atoms with van der Waals surface area (Å²) in [7, 11) is 0. The average Bonchev–Trinajstić information content (AvgIpc) is 2.27. The molecule has 6 heteroatoms. The number of hydrogen-bond acceptors (Lipinski definition) is 6. The third-order valence-corrected chi connectivity index (χ3v) is 2.66. The van der Waals surface area contributed by atoms with Crippen LogP contribution < -0.4 is 0 Å². The molecule has 90 valence electrons. The molecule has 0 aliphatic carbocycles. The highest BCUT2D eigenvalue weighted by molar-refractivity contribution is 5.61. The Morgan fingerprint density at radius 1 is 0.875 bits per heavy atom. The standard InChI is InChI=1S/C10H14O6/c11-9-13-5-3-7(15-9)1-2-8-4-6-14-10(12)16-8/h7-8H,1-6H2. The molecule has 2 unspecified atom stereocenters. The topological polar surface area (TPSA) is 71.1 Å². The van der Waals surface area contributed by atoms with Crippen LogP contribution >= 0.6 is 0 Å². The molecular weight excluding hydrogens is 216 g/mol. The molecule has 6 nitrogen and oxygen atoms in total. The molecule has 0 saturated carbocycles. The molecular formula is C10H14O6. The Morgan fingerprint density at radius 2 is 1.31 bits per heavy atom. The van der Waals surface area contributed by atoms with E-state index in [2.05, 4.69) is 9.47 Å². The number of hydrogen-bond donors (Lipinski definition) is 0. The van der Waals surface area contributed by atoms with E-state index in [1.165, 1.54) is 0 Å². The second-order valence-electron chi connectivity index (χ2n) is 3.83. The Balaban J connectivity index is 1.70. The van der Waals surface area contributed by atoms with E-state index >= 15 is 0 Å². The molecule has 2 heterocycles. The Morgan fingerprint density at radius 3 is 1.69 bits per heavy atom. The minimum absolute atomic E-state index is 0.122. The third kappa shape index (κ3) is 3.01. The zero-order chi connectivity index (χ0) is 11.4. The van der Waals surface area contributed by atoms with Crippen LogP contribution in [-0.4, -0.2) is 37.7 Å². The SMILES string of the molecule is O=C1OCCC(CCC2CCOC(=O)O2)O1. The lowest BCUT2D eigenvalue weighted by molar-refractivity contribution is -0.0463. The van der Waals surface area contributed by atoms with Gasteiger partial charge in [0.05, 0.1) is 13.2 Å². The van der Waals surface area contributed by atoms with E-state index in [0.29, 0.717) is 38.9 Å². The van der Waals surface area contributed by atoms with Gasteiger partial charge in [0, 0.05) is 12.8 Å². The summed E-state index contributed by atoms with van der Waals surface area (Å²) in [4.78, 5) is 21.7. The van der Waals surface area contributed by atoms with Crippen molar-refractivity contribution in [1.82, 2.24) is 0 Å². The van der Waals surface area contributed by atoms with Crippen LogP contribution in [0.2, 0.25) is 0 Å². The average molecular weight is 230 g/mol. The fraction of sp³-hybridized carbons (Fsp3) is 0.800. The van der Waals surface area contributed by atoms with Crippen LogP contribution in [0.4, 0.5) is 9.59 Å². The van der Waals surface area contributed by atoms with Gasteiger partial charge in [0.2, 0.25) is 0 Å². The van der Waals surface area contributed by atoms with Crippen molar-refractivity contribution in [2.45, 2.75) is 37.9 Å². The molecule has 0 radical (unpaired) electrons. The van der Waals surface area contributed by atoms with Gasteiger partial charge in [-0.2, -0.15) is 0 Å². The normalized spacial score (nSPS) is 29.8. The van der Waals surface area contributed by atoms with Gasteiger partial charge in [0.15, 0.2) is 0 Å². The number of ether oxygens (including phenoxy) is 4. The largest absolute Gasteiger partial charge is 0.508 e. The Labute approximate surface area is 92.8 Å². The van der Waals surface area contributed by atoms with E-state index < -0.39 is 12.3 Å². The van der Waals surface area contributed by atoms with Gasteiger partial charge in [-0.3, -0.25) is 0 Å². The van der Waals surface area contributed by atoms with E-state index in [0.717, 1.165) is 0 Å². The highest BCUT2D eigenvalue weighted by Gasteiger charge is 2.26. The van der Waals surface area contributed by atoms with Crippen LogP contribution in [0.25, 0.3) is 0 Å². The van der Waals surface area contributed by atoms with Gasteiger partial charge < -0.3 is 18.9 Å². The fourth-order valence-electron chi connectivity index (χ4n) is 1.78. The molecule has 2 atom stereocenters. The van der Waals surface area contributed by atoms with E-state index in [-0.39, 0.29) is 12.2 Å². The first kappa shape index (κ1) is 11.0. The molecule has 0 amide bonds. The van der Waals surface area contributed by atoms with Crippen LogP contribution in [-0.2, 0) is 18.9 Å². The molecule has 0 aromatic heterocycles. The third-order valence-electron chi connectivity index (χ3n) is 2.66. The maximum atomic E-state index is 10.8. The Kier molecular flexibility index (Phi) is 3.48. The molecule has 2 aliphatic rings. The summed E-state index contributed by atoms with van der Waals surface area (Å²) in [6.45, 7) is 0.800. The summed E-state index contributed by atoms with van der Waals surface area (Å²) < 4.78 is 19.2. The number of carbonyl (C=O) groups excluding carboxylic acids is 2. The van der Waals surface area contributed by atoms with Crippen LogP contribution in [0.1, 0.15) is 25.7 Å². The first-order valence-electron chi connectivity index (χ1n) is 5.41. The molecule has 0 spiro atoms. The lowest BCUT2D eigenvalue weighted by Gasteiger charge is -2.26. The van der Waals surface area contributed by atoms with E-state index in [1.807, 2.05) is 0 Å². The summed E-state index contributed by atoms with van der Waals surface area (Å²) in [6, 6.07) is 0. The maximum Gasteiger partial charge on any atom is 0.508 e. The molecule has 2 aliphatic heterocycles. The molecule has 0 aromatic rings. The summed E-state index contributed by atoms with van der Waals surface area (Å²) in [5, 5.41) is 0. The monoisotopic (exact) mass is 230 g/mol. The van der Waals surface area contributed by atoms with Gasteiger partial charge >= 0.3 is 12.3 Å². The minimum atomic E-state index is -0.611. The van der Waals surface area contributed by atoms with E-state index in [9.17, 15) is 9.59 Å². The highest BCUT2D eigenvalue weighted by Crippen LogP contribution is 2.19. The van der Waals surface area contributed by atoms with E-state index in [1.54, 1.807) is 0 Å². The second kappa shape index (κ2) is 5.05. The van der Waals surface area contributed by atoms with Crippen molar-refractivity contribution >= 4 is 12.3 Å². The summed E-state index contributed by atoms with van der Waals surface area (Å²) in [5.74, 6) is 0. The molecule has 0 N–H and O–H groups in total. The quantitative estimate of drug-likeness (QED) is 0.686. The van der Waals surface area contributed by atoms with Gasteiger partial charge in [-0.05, 0) is 12.8 Å². The van der Waals surface area contributed by atoms with Crippen molar-refractivity contribution in [3.8, 4) is 0 Å². The highest BCUT2D eigenvalue weighted by atomic mass is 16.7. The number of rotatable bonds is 3. The maximum absolute atomic E-state index is 10.8. The smallest absolute Gasteiger partial charge is 0.434 e. The van der Waals surface area contributed by atoms with Gasteiger partial charge in [0.25, 0.3) is 0 Å². The number of cyclic esters (lactones) is 4.